The van der Waals surface area contributed by atoms with Crippen molar-refractivity contribution in [2.24, 2.45) is 0 Å². The van der Waals surface area contributed by atoms with E-state index in [1.54, 1.807) is 0 Å². The normalized spacial score (nSPS) is 13.5. The zero-order valence-electron chi connectivity index (χ0n) is 35.0. The van der Waals surface area contributed by atoms with Crippen LogP contribution in [0.4, 0.5) is 105 Å². The highest BCUT2D eigenvalue weighted by molar-refractivity contribution is 7.20. The smallest absolute Gasteiger partial charge is 0.201 e. The van der Waals surface area contributed by atoms with E-state index in [9.17, 15) is 105 Å². The van der Waals surface area contributed by atoms with Crippen molar-refractivity contribution in [1.82, 2.24) is 0 Å². The van der Waals surface area contributed by atoms with E-state index in [0.717, 1.165) is 12.1 Å². The molecule has 5 aromatic carbocycles. The highest BCUT2D eigenvalue weighted by atomic mass is 35.5. The SMILES string of the molecule is ClCc1cc[n+](Cc2ccccc2)cc1.FC(F)(F)c1cc([B-](c2cc(C(F)(F)F)cc(C(F)(F)F)c2)(c2cc(C(F)(F)F)cc(C(F)(F)F)c2)c2cc(C(F)(F)F)cc(C(F)(F)F)c2)cc(C(F)(F)F)c1. The van der Waals surface area contributed by atoms with Gasteiger partial charge in [0.2, 0.25) is 0 Å². The number of hydrogen-bond donors (Lipinski definition) is 0. The third-order valence-electron chi connectivity index (χ3n) is 10.8. The summed E-state index contributed by atoms with van der Waals surface area (Å²) in [7, 11) is 0. The summed E-state index contributed by atoms with van der Waals surface area (Å²) in [5.74, 6) is 0.576. The molecule has 6 rings (SSSR count). The van der Waals surface area contributed by atoms with Gasteiger partial charge in [-0.15, -0.1) is 11.6 Å². The summed E-state index contributed by atoms with van der Waals surface area (Å²) < 4.78 is 343. The van der Waals surface area contributed by atoms with Crippen molar-refractivity contribution >= 4 is 39.6 Å². The zero-order chi connectivity index (χ0) is 54.4. The summed E-state index contributed by atoms with van der Waals surface area (Å²) >= 11 is 5.73. The van der Waals surface area contributed by atoms with Crippen molar-refractivity contribution in [3.8, 4) is 0 Å². The molecular formula is C45H25BClF24N. The predicted molar refractivity (Wildman–Crippen MR) is 212 cm³/mol. The van der Waals surface area contributed by atoms with Crippen LogP contribution in [0.1, 0.15) is 55.6 Å². The largest absolute Gasteiger partial charge is 0.416 e. The van der Waals surface area contributed by atoms with Crippen molar-refractivity contribution in [2.45, 2.75) is 61.8 Å². The Morgan fingerprint density at radius 2 is 0.528 bits per heavy atom. The highest BCUT2D eigenvalue weighted by Crippen LogP contribution is 2.41. The molecule has 0 bridgehead atoms. The molecule has 72 heavy (non-hydrogen) atoms. The van der Waals surface area contributed by atoms with E-state index in [2.05, 4.69) is 53.4 Å². The van der Waals surface area contributed by atoms with E-state index in [-0.39, 0.29) is 0 Å². The Balaban J connectivity index is 0.000000542. The van der Waals surface area contributed by atoms with Crippen LogP contribution in [0.5, 0.6) is 0 Å². The van der Waals surface area contributed by atoms with Crippen LogP contribution in [0.15, 0.2) is 128 Å². The molecule has 0 aliphatic carbocycles. The maximum absolute atomic E-state index is 14.2. The molecule has 0 radical (unpaired) electrons. The van der Waals surface area contributed by atoms with Gasteiger partial charge in [0.1, 0.15) is 6.15 Å². The monoisotopic (exact) mass is 1080 g/mol. The van der Waals surface area contributed by atoms with Crippen LogP contribution in [0.3, 0.4) is 0 Å². The van der Waals surface area contributed by atoms with Gasteiger partial charge in [0, 0.05) is 23.6 Å². The Kier molecular flexibility index (Phi) is 15.6. The quantitative estimate of drug-likeness (QED) is 0.0649. The average Bonchev–Trinajstić information content (AvgIpc) is 3.25. The lowest BCUT2D eigenvalue weighted by Gasteiger charge is -2.46. The van der Waals surface area contributed by atoms with Gasteiger partial charge in [-0.3, -0.25) is 0 Å². The summed E-state index contributed by atoms with van der Waals surface area (Å²) in [6.45, 7) is 0.906. The predicted octanol–water partition coefficient (Wildman–Crippen LogP) is 14.0. The van der Waals surface area contributed by atoms with Crippen LogP contribution in [0, 0.1) is 0 Å². The van der Waals surface area contributed by atoms with Crippen molar-refractivity contribution in [3.63, 3.8) is 0 Å². The second-order valence-corrected chi connectivity index (χ2v) is 16.0. The van der Waals surface area contributed by atoms with Crippen molar-refractivity contribution in [2.75, 3.05) is 0 Å². The average molecular weight is 1080 g/mol. The second kappa shape index (κ2) is 19.7. The molecule has 0 N–H and O–H groups in total. The van der Waals surface area contributed by atoms with E-state index in [1.807, 2.05) is 6.07 Å². The first-order valence-electron chi connectivity index (χ1n) is 19.6. The van der Waals surface area contributed by atoms with E-state index < -0.39 is 195 Å². The van der Waals surface area contributed by atoms with Crippen molar-refractivity contribution in [3.05, 3.63) is 183 Å². The highest BCUT2D eigenvalue weighted by Gasteiger charge is 2.47. The molecule has 0 saturated carbocycles. The van der Waals surface area contributed by atoms with Crippen LogP contribution in [-0.4, -0.2) is 6.15 Å². The number of benzene rings is 5. The molecule has 0 atom stereocenters. The Hall–Kier alpha value is -6.08. The molecule has 0 amide bonds. The first-order valence-corrected chi connectivity index (χ1v) is 20.1. The molecule has 27 heteroatoms. The molecule has 0 unspecified atom stereocenters. The van der Waals surface area contributed by atoms with E-state index in [0.29, 0.717) is 5.88 Å². The lowest BCUT2D eigenvalue weighted by molar-refractivity contribution is -0.688. The fourth-order valence-corrected chi connectivity index (χ4v) is 7.73. The number of alkyl halides is 25. The molecule has 388 valence electrons. The summed E-state index contributed by atoms with van der Waals surface area (Å²) in [6, 6.07) is 5.70. The lowest BCUT2D eigenvalue weighted by atomic mass is 9.12. The van der Waals surface area contributed by atoms with E-state index in [4.69, 9.17) is 11.6 Å². The molecule has 1 aromatic heterocycles. The van der Waals surface area contributed by atoms with E-state index >= 15 is 0 Å². The molecule has 1 heterocycles. The van der Waals surface area contributed by atoms with Gasteiger partial charge in [-0.2, -0.15) is 127 Å². The summed E-state index contributed by atoms with van der Waals surface area (Å²) in [4.78, 5) is 0. The third-order valence-corrected chi connectivity index (χ3v) is 11.1. The Morgan fingerprint density at radius 3 is 0.722 bits per heavy atom. The molecular weight excluding hydrogens is 1060 g/mol. The Labute approximate surface area is 394 Å². The van der Waals surface area contributed by atoms with Gasteiger partial charge in [0.15, 0.2) is 18.9 Å². The maximum Gasteiger partial charge on any atom is 0.416 e. The van der Waals surface area contributed by atoms with Gasteiger partial charge < -0.3 is 0 Å². The van der Waals surface area contributed by atoms with Crippen LogP contribution in [0.25, 0.3) is 0 Å². The number of pyridine rings is 1. The number of hydrogen-bond acceptors (Lipinski definition) is 0. The molecule has 6 aromatic rings. The van der Waals surface area contributed by atoms with Crippen LogP contribution < -0.4 is 26.4 Å². The second-order valence-electron chi connectivity index (χ2n) is 15.7. The minimum Gasteiger partial charge on any atom is -0.201 e. The molecule has 0 aliphatic heterocycles. The zero-order valence-corrected chi connectivity index (χ0v) is 35.8. The van der Waals surface area contributed by atoms with Crippen LogP contribution in [-0.2, 0) is 61.8 Å². The first-order chi connectivity index (χ1) is 32.6. The topological polar surface area (TPSA) is 3.88 Å². The van der Waals surface area contributed by atoms with Gasteiger partial charge >= 0.3 is 49.4 Å². The van der Waals surface area contributed by atoms with E-state index in [1.165, 1.54) is 5.56 Å². The van der Waals surface area contributed by atoms with Crippen molar-refractivity contribution in [1.29, 1.82) is 0 Å². The number of nitrogens with zero attached hydrogens (tertiary/aromatic N) is 1. The molecule has 1 nitrogen and oxygen atoms in total. The number of aromatic nitrogens is 1. The van der Waals surface area contributed by atoms with Crippen LogP contribution in [0.2, 0.25) is 0 Å². The molecule has 0 spiro atoms. The van der Waals surface area contributed by atoms with Crippen LogP contribution >= 0.6 is 11.6 Å². The maximum atomic E-state index is 14.2. The van der Waals surface area contributed by atoms with Gasteiger partial charge in [0.05, 0.1) is 44.5 Å². The number of halogens is 25. The third kappa shape index (κ3) is 13.3. The fraction of sp³-hybridized carbons (Fsp3) is 0.222. The van der Waals surface area contributed by atoms with Gasteiger partial charge in [0.25, 0.3) is 0 Å². The summed E-state index contributed by atoms with van der Waals surface area (Å²) in [5, 5.41) is 0. The van der Waals surface area contributed by atoms with Gasteiger partial charge in [-0.25, -0.2) is 4.57 Å². The lowest BCUT2D eigenvalue weighted by Crippen LogP contribution is -2.75. The molecule has 0 aliphatic rings. The number of rotatable bonds is 7. The van der Waals surface area contributed by atoms with Crippen molar-refractivity contribution < 1.29 is 110 Å². The Morgan fingerprint density at radius 1 is 0.306 bits per heavy atom. The fourth-order valence-electron chi connectivity index (χ4n) is 7.55. The van der Waals surface area contributed by atoms with Gasteiger partial charge in [-0.1, -0.05) is 78.9 Å². The summed E-state index contributed by atoms with van der Waals surface area (Å²) in [5.41, 5.74) is -27.7. The minimum absolute atomic E-state index is 0.576. The molecule has 0 fully saturated rings. The standard InChI is InChI=1S/C32H12BF24.C13H13ClN/c34-25(35,36)13-1-14(26(37,38)39)6-21(5-13)33(22-7-15(27(40,41)42)2-16(8-22)28(43,44)45,23-9-17(29(46,47)48)3-18(10-23)30(49,50)51)24-11-19(31(52,53)54)4-20(12-24)32(55,56)57;14-10-12-6-8-15(9-7-12)11-13-4-2-1-3-5-13/h1-12H;1-9H,10-11H2/q-1;+1. The Bertz CT molecular complexity index is 2410. The molecule has 0 saturated heterocycles. The van der Waals surface area contributed by atoms with Gasteiger partial charge in [-0.05, 0) is 29.8 Å². The minimum atomic E-state index is -6.13. The first kappa shape index (κ1) is 56.8. The summed E-state index contributed by atoms with van der Waals surface area (Å²) in [6.07, 6.45) is -50.7.